The lowest BCUT2D eigenvalue weighted by molar-refractivity contribution is -0.160. The first-order chi connectivity index (χ1) is 22.0. The molecule has 0 bridgehead atoms. The molecule has 4 aromatic rings. The van der Waals surface area contributed by atoms with E-state index in [4.69, 9.17) is 4.74 Å². The average molecular weight is 636 g/mol. The summed E-state index contributed by atoms with van der Waals surface area (Å²) in [5, 5.41) is 6.17. The maximum atomic E-state index is 14.7. The molecule has 1 heterocycles. The molecule has 1 aromatic heterocycles. The fourth-order valence-corrected chi connectivity index (χ4v) is 4.38. The summed E-state index contributed by atoms with van der Waals surface area (Å²) in [5.74, 6) is -10.2. The average Bonchev–Trinajstić information content (AvgIpc) is 3.05. The van der Waals surface area contributed by atoms with E-state index in [2.05, 4.69) is 15.6 Å². The molecule has 0 saturated carbocycles. The number of amides is 3. The third-order valence-electron chi connectivity index (χ3n) is 6.64. The Bertz CT molecular complexity index is 1780. The molecule has 1 atom stereocenters. The number of ether oxygens (including phenoxy) is 1. The van der Waals surface area contributed by atoms with Crippen molar-refractivity contribution in [2.24, 2.45) is 0 Å². The van der Waals surface area contributed by atoms with Gasteiger partial charge in [0.2, 0.25) is 11.7 Å². The molecule has 3 amide bonds. The molecule has 3 aromatic carbocycles. The number of halogens is 3. The molecule has 0 aliphatic carbocycles. The standard InChI is InChI=1S/C32H28F3N5O6/c1-36-30(44)32(34,35)27(42)24(15-20-9-4-2-5-10-20)38-26(41)18-40-28(22-13-8-14-23(33)16-22)37-17-25(29(40)43)39-31(45)46-19-21-11-6-3-7-12-21/h2-14,16-17,24H,15,18-19H2,1H3,(H,36,44)(H,38,41)(H,39,45). The molecule has 4 rings (SSSR count). The number of nitrogens with one attached hydrogen (secondary N) is 3. The Morgan fingerprint density at radius 2 is 1.59 bits per heavy atom. The Morgan fingerprint density at radius 3 is 2.22 bits per heavy atom. The van der Waals surface area contributed by atoms with Gasteiger partial charge in [0.25, 0.3) is 11.5 Å². The van der Waals surface area contributed by atoms with Crippen LogP contribution in [0.2, 0.25) is 0 Å². The van der Waals surface area contributed by atoms with Crippen LogP contribution >= 0.6 is 0 Å². The van der Waals surface area contributed by atoms with Crippen LogP contribution in [-0.2, 0) is 38.7 Å². The van der Waals surface area contributed by atoms with Gasteiger partial charge in [0, 0.05) is 19.0 Å². The van der Waals surface area contributed by atoms with Crippen LogP contribution in [0.4, 0.5) is 23.7 Å². The number of nitrogens with zero attached hydrogens (tertiary/aromatic N) is 2. The molecule has 0 spiro atoms. The highest BCUT2D eigenvalue weighted by atomic mass is 19.3. The van der Waals surface area contributed by atoms with Crippen molar-refractivity contribution < 1.29 is 37.1 Å². The largest absolute Gasteiger partial charge is 0.444 e. The van der Waals surface area contributed by atoms with Crippen molar-refractivity contribution in [1.82, 2.24) is 20.2 Å². The number of hydrogen-bond donors (Lipinski definition) is 3. The second-order valence-corrected chi connectivity index (χ2v) is 9.91. The zero-order valence-corrected chi connectivity index (χ0v) is 24.3. The summed E-state index contributed by atoms with van der Waals surface area (Å²) in [6.45, 7) is -1.01. The number of carbonyl (C=O) groups excluding carboxylic acids is 4. The lowest BCUT2D eigenvalue weighted by atomic mass is 9.98. The summed E-state index contributed by atoms with van der Waals surface area (Å²) in [5.41, 5.74) is -0.232. The molecule has 0 radical (unpaired) electrons. The van der Waals surface area contributed by atoms with Crippen LogP contribution in [0.1, 0.15) is 11.1 Å². The Hall–Kier alpha value is -5.79. The number of anilines is 1. The van der Waals surface area contributed by atoms with E-state index in [0.29, 0.717) is 11.1 Å². The molecule has 0 aliphatic heterocycles. The highest BCUT2D eigenvalue weighted by molar-refractivity contribution is 6.10. The fourth-order valence-electron chi connectivity index (χ4n) is 4.38. The first-order valence-corrected chi connectivity index (χ1v) is 13.8. The lowest BCUT2D eigenvalue weighted by Gasteiger charge is -2.23. The van der Waals surface area contributed by atoms with E-state index in [-0.39, 0.29) is 18.0 Å². The highest BCUT2D eigenvalue weighted by Crippen LogP contribution is 2.21. The van der Waals surface area contributed by atoms with Crippen LogP contribution in [0.3, 0.4) is 0 Å². The van der Waals surface area contributed by atoms with Crippen molar-refractivity contribution in [3.8, 4) is 11.4 Å². The molecular weight excluding hydrogens is 607 g/mol. The number of hydrogen-bond acceptors (Lipinski definition) is 7. The summed E-state index contributed by atoms with van der Waals surface area (Å²) in [6, 6.07) is 19.7. The topological polar surface area (TPSA) is 148 Å². The number of carbonyl (C=O) groups is 4. The minimum Gasteiger partial charge on any atom is -0.444 e. The second kappa shape index (κ2) is 14.8. The van der Waals surface area contributed by atoms with Crippen LogP contribution in [0.5, 0.6) is 0 Å². The predicted octanol–water partition coefficient (Wildman–Crippen LogP) is 3.48. The number of Topliss-reactive ketones (excluding diaryl/α,β-unsaturated/α-hetero) is 1. The van der Waals surface area contributed by atoms with Crippen LogP contribution < -0.4 is 21.5 Å². The normalized spacial score (nSPS) is 11.7. The minimum atomic E-state index is -4.49. The van der Waals surface area contributed by atoms with Crippen LogP contribution in [0, 0.1) is 5.82 Å². The van der Waals surface area contributed by atoms with Crippen molar-refractivity contribution in [3.05, 3.63) is 118 Å². The van der Waals surface area contributed by atoms with Crippen molar-refractivity contribution >= 4 is 29.4 Å². The summed E-state index contributed by atoms with van der Waals surface area (Å²) in [6.07, 6.45) is -0.425. The van der Waals surface area contributed by atoms with Gasteiger partial charge < -0.3 is 15.4 Å². The number of rotatable bonds is 12. The van der Waals surface area contributed by atoms with E-state index in [1.165, 1.54) is 24.3 Å². The van der Waals surface area contributed by atoms with E-state index in [9.17, 15) is 37.1 Å². The smallest absolute Gasteiger partial charge is 0.412 e. The zero-order valence-electron chi connectivity index (χ0n) is 24.3. The Kier molecular flexibility index (Phi) is 10.6. The summed E-state index contributed by atoms with van der Waals surface area (Å²) in [7, 11) is 0.931. The summed E-state index contributed by atoms with van der Waals surface area (Å²) >= 11 is 0. The van der Waals surface area contributed by atoms with Gasteiger partial charge in [-0.3, -0.25) is 29.1 Å². The number of aromatic nitrogens is 2. The maximum Gasteiger partial charge on any atom is 0.412 e. The van der Waals surface area contributed by atoms with Crippen LogP contribution in [0.15, 0.2) is 95.9 Å². The van der Waals surface area contributed by atoms with Gasteiger partial charge in [-0.2, -0.15) is 8.78 Å². The first-order valence-electron chi connectivity index (χ1n) is 13.8. The molecule has 1 unspecified atom stereocenters. The molecule has 0 fully saturated rings. The Balaban J connectivity index is 1.64. The van der Waals surface area contributed by atoms with E-state index in [1.54, 1.807) is 53.8 Å². The van der Waals surface area contributed by atoms with Gasteiger partial charge in [-0.15, -0.1) is 0 Å². The molecule has 0 aliphatic rings. The van der Waals surface area contributed by atoms with Gasteiger partial charge in [-0.1, -0.05) is 72.8 Å². The highest BCUT2D eigenvalue weighted by Gasteiger charge is 2.50. The second-order valence-electron chi connectivity index (χ2n) is 9.91. The van der Waals surface area contributed by atoms with Gasteiger partial charge in [0.05, 0.1) is 12.2 Å². The van der Waals surface area contributed by atoms with Crippen molar-refractivity contribution in [2.45, 2.75) is 31.5 Å². The van der Waals surface area contributed by atoms with Gasteiger partial charge >= 0.3 is 12.0 Å². The number of alkyl halides is 2. The van der Waals surface area contributed by atoms with Crippen LogP contribution in [-0.4, -0.2) is 52.3 Å². The Morgan fingerprint density at radius 1 is 0.935 bits per heavy atom. The number of ketones is 1. The lowest BCUT2D eigenvalue weighted by Crippen LogP contribution is -2.55. The monoisotopic (exact) mass is 635 g/mol. The zero-order chi connectivity index (χ0) is 33.3. The van der Waals surface area contributed by atoms with Gasteiger partial charge in [0.15, 0.2) is 0 Å². The van der Waals surface area contributed by atoms with Crippen molar-refractivity contribution in [1.29, 1.82) is 0 Å². The third-order valence-corrected chi connectivity index (χ3v) is 6.64. The van der Waals surface area contributed by atoms with Crippen LogP contribution in [0.25, 0.3) is 11.4 Å². The van der Waals surface area contributed by atoms with E-state index >= 15 is 0 Å². The SMILES string of the molecule is CNC(=O)C(F)(F)C(=O)C(Cc1ccccc1)NC(=O)Cn1c(-c2cccc(F)c2)ncc(NC(=O)OCc2ccccc2)c1=O. The first kappa shape index (κ1) is 33.1. The summed E-state index contributed by atoms with van der Waals surface area (Å²) < 4.78 is 49.4. The number of benzene rings is 3. The Labute approximate surface area is 260 Å². The maximum absolute atomic E-state index is 14.7. The molecular formula is C32H28F3N5O6. The van der Waals surface area contributed by atoms with E-state index in [0.717, 1.165) is 29.9 Å². The fraction of sp³-hybridized carbons (Fsp3) is 0.188. The molecule has 0 saturated heterocycles. The minimum absolute atomic E-state index is 0.0752. The third kappa shape index (κ3) is 8.22. The van der Waals surface area contributed by atoms with E-state index in [1.807, 2.05) is 0 Å². The van der Waals surface area contributed by atoms with Gasteiger partial charge in [0.1, 0.15) is 30.5 Å². The van der Waals surface area contributed by atoms with E-state index < -0.39 is 65.7 Å². The van der Waals surface area contributed by atoms with Crippen molar-refractivity contribution in [3.63, 3.8) is 0 Å². The van der Waals surface area contributed by atoms with Gasteiger partial charge in [-0.25, -0.2) is 14.2 Å². The molecule has 14 heteroatoms. The molecule has 46 heavy (non-hydrogen) atoms. The van der Waals surface area contributed by atoms with Crippen molar-refractivity contribution in [2.75, 3.05) is 12.4 Å². The molecule has 3 N–H and O–H groups in total. The summed E-state index contributed by atoms with van der Waals surface area (Å²) in [4.78, 5) is 68.1. The quantitative estimate of drug-likeness (QED) is 0.202. The molecule has 11 nitrogen and oxygen atoms in total. The predicted molar refractivity (Wildman–Crippen MR) is 160 cm³/mol. The molecule has 238 valence electrons. The van der Waals surface area contributed by atoms with Gasteiger partial charge in [-0.05, 0) is 23.3 Å².